The molecule has 1 unspecified atom stereocenters. The second kappa shape index (κ2) is 5.05. The molecular formula is C13H12F3NO2. The van der Waals surface area contributed by atoms with Gasteiger partial charge in [-0.1, -0.05) is 18.2 Å². The van der Waals surface area contributed by atoms with Crippen molar-refractivity contribution in [3.8, 4) is 0 Å². The molecule has 0 spiro atoms. The Bertz CT molecular complexity index is 561. The van der Waals surface area contributed by atoms with Crippen LogP contribution in [-0.4, -0.2) is 10.1 Å². The Morgan fingerprint density at radius 3 is 2.68 bits per heavy atom. The van der Waals surface area contributed by atoms with Crippen molar-refractivity contribution in [1.82, 2.24) is 4.98 Å². The maximum Gasteiger partial charge on any atom is 0.416 e. The number of rotatable bonds is 3. The molecule has 19 heavy (non-hydrogen) atoms. The van der Waals surface area contributed by atoms with Crippen molar-refractivity contribution in [1.29, 1.82) is 0 Å². The van der Waals surface area contributed by atoms with Crippen molar-refractivity contribution >= 4 is 0 Å². The fourth-order valence-electron chi connectivity index (χ4n) is 1.63. The number of aliphatic hydroxyl groups is 1. The van der Waals surface area contributed by atoms with Crippen LogP contribution >= 0.6 is 0 Å². The van der Waals surface area contributed by atoms with E-state index in [1.165, 1.54) is 19.2 Å². The van der Waals surface area contributed by atoms with Crippen molar-refractivity contribution in [2.24, 2.45) is 0 Å². The molecule has 0 bridgehead atoms. The van der Waals surface area contributed by atoms with Gasteiger partial charge in [0.2, 0.25) is 0 Å². The molecule has 1 heterocycles. The van der Waals surface area contributed by atoms with Crippen LogP contribution < -0.4 is 0 Å². The summed E-state index contributed by atoms with van der Waals surface area (Å²) in [4.78, 5) is 3.92. The van der Waals surface area contributed by atoms with Gasteiger partial charge < -0.3 is 9.52 Å². The highest BCUT2D eigenvalue weighted by atomic mass is 19.4. The van der Waals surface area contributed by atoms with Crippen LogP contribution in [0.15, 0.2) is 34.9 Å². The summed E-state index contributed by atoms with van der Waals surface area (Å²) >= 11 is 0. The molecule has 0 saturated heterocycles. The van der Waals surface area contributed by atoms with Crippen LogP contribution in [0.3, 0.4) is 0 Å². The fourth-order valence-corrected chi connectivity index (χ4v) is 1.63. The highest BCUT2D eigenvalue weighted by molar-refractivity contribution is 5.27. The first kappa shape index (κ1) is 13.6. The molecule has 6 heteroatoms. The maximum absolute atomic E-state index is 12.5. The molecule has 3 nitrogen and oxygen atoms in total. The summed E-state index contributed by atoms with van der Waals surface area (Å²) in [6, 6.07) is 4.99. The lowest BCUT2D eigenvalue weighted by molar-refractivity contribution is -0.137. The first-order valence-corrected chi connectivity index (χ1v) is 5.65. The number of oxazole rings is 1. The minimum absolute atomic E-state index is 0.149. The van der Waals surface area contributed by atoms with Gasteiger partial charge in [0.25, 0.3) is 0 Å². The molecule has 2 rings (SSSR count). The third-order valence-corrected chi connectivity index (χ3v) is 2.59. The number of nitrogens with zero attached hydrogens (tertiary/aromatic N) is 1. The Morgan fingerprint density at radius 2 is 2.11 bits per heavy atom. The Labute approximate surface area is 107 Å². The largest absolute Gasteiger partial charge is 0.443 e. The minimum Gasteiger partial charge on any atom is -0.443 e. The van der Waals surface area contributed by atoms with Crippen LogP contribution in [0.1, 0.15) is 35.8 Å². The second-order valence-corrected chi connectivity index (χ2v) is 4.21. The normalized spacial score (nSPS) is 13.5. The molecule has 1 aromatic carbocycles. The minimum atomic E-state index is -4.36. The van der Waals surface area contributed by atoms with Crippen molar-refractivity contribution < 1.29 is 22.7 Å². The van der Waals surface area contributed by atoms with Gasteiger partial charge in [-0.15, -0.1) is 0 Å². The maximum atomic E-state index is 12.5. The van der Waals surface area contributed by atoms with Gasteiger partial charge in [0, 0.05) is 6.42 Å². The molecule has 0 radical (unpaired) electrons. The monoisotopic (exact) mass is 271 g/mol. The van der Waals surface area contributed by atoms with Crippen LogP contribution in [-0.2, 0) is 12.6 Å². The first-order chi connectivity index (χ1) is 8.86. The average molecular weight is 271 g/mol. The Morgan fingerprint density at radius 1 is 1.37 bits per heavy atom. The van der Waals surface area contributed by atoms with E-state index < -0.39 is 17.8 Å². The van der Waals surface area contributed by atoms with Gasteiger partial charge in [0.05, 0.1) is 11.8 Å². The molecule has 0 aliphatic rings. The molecule has 1 N–H and O–H groups in total. The van der Waals surface area contributed by atoms with E-state index in [2.05, 4.69) is 4.98 Å². The van der Waals surface area contributed by atoms with Crippen LogP contribution in [0.2, 0.25) is 0 Å². The van der Waals surface area contributed by atoms with Crippen molar-refractivity contribution in [2.45, 2.75) is 25.6 Å². The average Bonchev–Trinajstić information content (AvgIpc) is 2.77. The van der Waals surface area contributed by atoms with E-state index >= 15 is 0 Å². The number of aliphatic hydroxyl groups excluding tert-OH is 1. The summed E-state index contributed by atoms with van der Waals surface area (Å²) in [5.41, 5.74) is -0.249. The van der Waals surface area contributed by atoms with E-state index in [4.69, 9.17) is 4.42 Å². The number of aromatic nitrogens is 1. The zero-order valence-electron chi connectivity index (χ0n) is 10.1. The van der Waals surface area contributed by atoms with E-state index in [1.807, 2.05) is 0 Å². The number of hydrogen-bond donors (Lipinski definition) is 1. The standard InChI is InChI=1S/C13H12F3NO2/c1-8(18)11-7-17-12(19-11)6-9-3-2-4-10(5-9)13(14,15)16/h2-5,7-8,18H,6H2,1H3. The first-order valence-electron chi connectivity index (χ1n) is 5.65. The molecule has 2 aromatic rings. The SMILES string of the molecule is CC(O)c1cnc(Cc2cccc(C(F)(F)F)c2)o1. The predicted molar refractivity (Wildman–Crippen MR) is 61.4 cm³/mol. The van der Waals surface area contributed by atoms with Gasteiger partial charge in [-0.05, 0) is 18.6 Å². The van der Waals surface area contributed by atoms with E-state index in [0.29, 0.717) is 11.3 Å². The number of halogens is 3. The third kappa shape index (κ3) is 3.35. The topological polar surface area (TPSA) is 46.3 Å². The number of benzene rings is 1. The van der Waals surface area contributed by atoms with E-state index in [1.54, 1.807) is 6.07 Å². The highest BCUT2D eigenvalue weighted by Gasteiger charge is 2.30. The summed E-state index contributed by atoms with van der Waals surface area (Å²) in [5, 5.41) is 9.27. The Balaban J connectivity index is 2.19. The summed E-state index contributed by atoms with van der Waals surface area (Å²) in [5.74, 6) is 0.567. The molecule has 0 aliphatic heterocycles. The van der Waals surface area contributed by atoms with Crippen molar-refractivity contribution in [3.05, 3.63) is 53.2 Å². The molecule has 1 aromatic heterocycles. The van der Waals surface area contributed by atoms with Gasteiger partial charge in [0.1, 0.15) is 6.10 Å². The van der Waals surface area contributed by atoms with Gasteiger partial charge in [-0.3, -0.25) is 0 Å². The number of alkyl halides is 3. The van der Waals surface area contributed by atoms with Crippen LogP contribution in [0.4, 0.5) is 13.2 Å². The lowest BCUT2D eigenvalue weighted by Gasteiger charge is -2.07. The molecular weight excluding hydrogens is 259 g/mol. The molecule has 0 saturated carbocycles. The molecule has 0 aliphatic carbocycles. The van der Waals surface area contributed by atoms with Crippen LogP contribution in [0.5, 0.6) is 0 Å². The van der Waals surface area contributed by atoms with Gasteiger partial charge >= 0.3 is 6.18 Å². The van der Waals surface area contributed by atoms with Crippen molar-refractivity contribution in [2.75, 3.05) is 0 Å². The zero-order chi connectivity index (χ0) is 14.0. The lowest BCUT2D eigenvalue weighted by Crippen LogP contribution is -2.05. The van der Waals surface area contributed by atoms with E-state index in [-0.39, 0.29) is 12.3 Å². The van der Waals surface area contributed by atoms with E-state index in [0.717, 1.165) is 12.1 Å². The van der Waals surface area contributed by atoms with Gasteiger partial charge in [-0.25, -0.2) is 4.98 Å². The molecule has 102 valence electrons. The molecule has 0 fully saturated rings. The quantitative estimate of drug-likeness (QED) is 0.931. The van der Waals surface area contributed by atoms with Gasteiger partial charge in [-0.2, -0.15) is 13.2 Å². The molecule has 1 atom stereocenters. The summed E-state index contributed by atoms with van der Waals surface area (Å²) in [7, 11) is 0. The summed E-state index contributed by atoms with van der Waals surface area (Å²) in [6.45, 7) is 1.52. The fraction of sp³-hybridized carbons (Fsp3) is 0.308. The van der Waals surface area contributed by atoms with Crippen LogP contribution in [0, 0.1) is 0 Å². The Kier molecular flexibility index (Phi) is 3.61. The summed E-state index contributed by atoms with van der Waals surface area (Å²) in [6.07, 6.45) is -3.63. The lowest BCUT2D eigenvalue weighted by atomic mass is 10.1. The highest BCUT2D eigenvalue weighted by Crippen LogP contribution is 2.30. The zero-order valence-corrected chi connectivity index (χ0v) is 10.1. The van der Waals surface area contributed by atoms with Crippen molar-refractivity contribution in [3.63, 3.8) is 0 Å². The number of hydrogen-bond acceptors (Lipinski definition) is 3. The predicted octanol–water partition coefficient (Wildman–Crippen LogP) is 3.34. The third-order valence-electron chi connectivity index (χ3n) is 2.59. The smallest absolute Gasteiger partial charge is 0.416 e. The summed E-state index contributed by atoms with van der Waals surface area (Å²) < 4.78 is 42.9. The van der Waals surface area contributed by atoms with Crippen LogP contribution in [0.25, 0.3) is 0 Å². The van der Waals surface area contributed by atoms with Gasteiger partial charge in [0.15, 0.2) is 11.7 Å². The Hall–Kier alpha value is -1.82. The molecule has 0 amide bonds. The second-order valence-electron chi connectivity index (χ2n) is 4.21. The van der Waals surface area contributed by atoms with E-state index in [9.17, 15) is 18.3 Å².